The van der Waals surface area contributed by atoms with Crippen LogP contribution in [0.2, 0.25) is 0 Å². The molecule has 0 aromatic heterocycles. The number of rotatable bonds is 7. The summed E-state index contributed by atoms with van der Waals surface area (Å²) in [4.78, 5) is 2.21. The number of ether oxygens (including phenoxy) is 1. The summed E-state index contributed by atoms with van der Waals surface area (Å²) in [6, 6.07) is 10.2. The first-order chi connectivity index (χ1) is 8.99. The van der Waals surface area contributed by atoms with E-state index in [4.69, 9.17) is 4.74 Å². The molecule has 0 radical (unpaired) electrons. The Morgan fingerprint density at radius 2 is 1.74 bits per heavy atom. The van der Waals surface area contributed by atoms with E-state index >= 15 is 0 Å². The van der Waals surface area contributed by atoms with Gasteiger partial charge in [0.05, 0.1) is 12.7 Å². The minimum atomic E-state index is -0.481. The lowest BCUT2D eigenvalue weighted by Crippen LogP contribution is -2.47. The molecule has 0 saturated carbocycles. The van der Waals surface area contributed by atoms with Crippen molar-refractivity contribution in [1.82, 2.24) is 4.90 Å². The lowest BCUT2D eigenvalue weighted by atomic mass is 9.91. The van der Waals surface area contributed by atoms with Gasteiger partial charge in [0, 0.05) is 19.2 Å². The van der Waals surface area contributed by atoms with Crippen molar-refractivity contribution in [3.63, 3.8) is 0 Å². The van der Waals surface area contributed by atoms with Crippen LogP contribution in [0.25, 0.3) is 0 Å². The number of methoxy groups -OCH3 is 1. The van der Waals surface area contributed by atoms with E-state index in [0.717, 1.165) is 5.56 Å². The van der Waals surface area contributed by atoms with Gasteiger partial charge in [-0.15, -0.1) is 0 Å². The summed E-state index contributed by atoms with van der Waals surface area (Å²) >= 11 is 0. The fraction of sp³-hybridized carbons (Fsp3) is 0.625. The molecule has 0 fully saturated rings. The Morgan fingerprint density at radius 1 is 1.16 bits per heavy atom. The minimum Gasteiger partial charge on any atom is -0.387 e. The van der Waals surface area contributed by atoms with Gasteiger partial charge in [-0.1, -0.05) is 44.2 Å². The number of hydrogen-bond acceptors (Lipinski definition) is 3. The predicted molar refractivity (Wildman–Crippen MR) is 79.1 cm³/mol. The second-order valence-electron chi connectivity index (χ2n) is 5.56. The largest absolute Gasteiger partial charge is 0.387 e. The smallest absolute Gasteiger partial charge is 0.0947 e. The van der Waals surface area contributed by atoms with Gasteiger partial charge in [-0.3, -0.25) is 4.90 Å². The highest BCUT2D eigenvalue weighted by Crippen LogP contribution is 2.27. The molecule has 3 heteroatoms. The van der Waals surface area contributed by atoms with E-state index in [1.54, 1.807) is 7.11 Å². The molecule has 0 aliphatic rings. The molecule has 3 nitrogen and oxygen atoms in total. The third-order valence-corrected chi connectivity index (χ3v) is 3.72. The van der Waals surface area contributed by atoms with Crippen LogP contribution in [-0.2, 0) is 4.74 Å². The topological polar surface area (TPSA) is 32.7 Å². The molecule has 0 aliphatic heterocycles. The maximum Gasteiger partial charge on any atom is 0.0947 e. The van der Waals surface area contributed by atoms with Gasteiger partial charge in [-0.25, -0.2) is 0 Å². The second-order valence-corrected chi connectivity index (χ2v) is 5.56. The van der Waals surface area contributed by atoms with Gasteiger partial charge in [0.25, 0.3) is 0 Å². The molecule has 3 atom stereocenters. The summed E-state index contributed by atoms with van der Waals surface area (Å²) in [6.07, 6.45) is -0.481. The average molecular weight is 265 g/mol. The Bertz CT molecular complexity index is 353. The highest BCUT2D eigenvalue weighted by atomic mass is 16.5. The second kappa shape index (κ2) is 7.63. The van der Waals surface area contributed by atoms with Crippen molar-refractivity contribution in [1.29, 1.82) is 0 Å². The van der Waals surface area contributed by atoms with Crippen molar-refractivity contribution in [2.75, 3.05) is 20.8 Å². The molecule has 1 N–H and O–H groups in total. The number of likely N-dealkylation sites (N-methyl/N-ethyl adjacent to an activating group) is 1. The van der Waals surface area contributed by atoms with E-state index in [9.17, 15) is 5.11 Å². The minimum absolute atomic E-state index is 0.0764. The molecule has 1 rings (SSSR count). The molecule has 3 unspecified atom stereocenters. The summed E-state index contributed by atoms with van der Waals surface area (Å²) < 4.78 is 5.22. The number of aliphatic hydroxyl groups excluding tert-OH is 1. The van der Waals surface area contributed by atoms with E-state index in [1.807, 2.05) is 30.3 Å². The molecule has 1 aromatic carbocycles. The van der Waals surface area contributed by atoms with Crippen LogP contribution in [-0.4, -0.2) is 42.9 Å². The van der Waals surface area contributed by atoms with E-state index in [2.05, 4.69) is 32.7 Å². The van der Waals surface area contributed by atoms with Crippen LogP contribution in [0.4, 0.5) is 0 Å². The zero-order chi connectivity index (χ0) is 14.4. The van der Waals surface area contributed by atoms with Crippen molar-refractivity contribution in [3.05, 3.63) is 35.9 Å². The summed E-state index contributed by atoms with van der Waals surface area (Å²) in [5.74, 6) is 0.361. The molecule has 0 heterocycles. The summed E-state index contributed by atoms with van der Waals surface area (Å²) in [5.41, 5.74) is 0.970. The molecule has 0 aliphatic carbocycles. The first kappa shape index (κ1) is 16.2. The zero-order valence-electron chi connectivity index (χ0n) is 12.7. The SMILES string of the molecule is COCC(C)N(C)C(C(C)C)C(O)c1ccccc1. The summed E-state index contributed by atoms with van der Waals surface area (Å²) in [7, 11) is 3.77. The van der Waals surface area contributed by atoms with Crippen LogP contribution in [0.3, 0.4) is 0 Å². The normalized spacial score (nSPS) is 16.6. The number of nitrogens with zero attached hydrogens (tertiary/aromatic N) is 1. The number of benzene rings is 1. The quantitative estimate of drug-likeness (QED) is 0.823. The van der Waals surface area contributed by atoms with Gasteiger partial charge in [-0.2, -0.15) is 0 Å². The molecule has 0 saturated heterocycles. The average Bonchev–Trinajstić information content (AvgIpc) is 2.39. The van der Waals surface area contributed by atoms with Gasteiger partial charge in [-0.05, 0) is 25.5 Å². The van der Waals surface area contributed by atoms with Crippen LogP contribution < -0.4 is 0 Å². The molecular formula is C16H27NO2. The van der Waals surface area contributed by atoms with E-state index in [1.165, 1.54) is 0 Å². The number of aliphatic hydroxyl groups is 1. The van der Waals surface area contributed by atoms with Crippen LogP contribution in [0, 0.1) is 5.92 Å². The van der Waals surface area contributed by atoms with E-state index in [-0.39, 0.29) is 12.1 Å². The van der Waals surface area contributed by atoms with E-state index in [0.29, 0.717) is 12.5 Å². The Balaban J connectivity index is 2.88. The molecule has 108 valence electrons. The fourth-order valence-electron chi connectivity index (χ4n) is 2.56. The Morgan fingerprint density at radius 3 is 2.21 bits per heavy atom. The highest BCUT2D eigenvalue weighted by Gasteiger charge is 2.30. The lowest BCUT2D eigenvalue weighted by molar-refractivity contribution is -0.000939. The van der Waals surface area contributed by atoms with Crippen molar-refractivity contribution in [3.8, 4) is 0 Å². The van der Waals surface area contributed by atoms with Crippen LogP contribution in [0.5, 0.6) is 0 Å². The van der Waals surface area contributed by atoms with E-state index < -0.39 is 6.10 Å². The zero-order valence-corrected chi connectivity index (χ0v) is 12.7. The third kappa shape index (κ3) is 4.30. The van der Waals surface area contributed by atoms with Crippen LogP contribution >= 0.6 is 0 Å². The van der Waals surface area contributed by atoms with Gasteiger partial charge in [0.2, 0.25) is 0 Å². The van der Waals surface area contributed by atoms with Crippen LogP contribution in [0.15, 0.2) is 30.3 Å². The van der Waals surface area contributed by atoms with Crippen LogP contribution in [0.1, 0.15) is 32.4 Å². The Kier molecular flexibility index (Phi) is 6.49. The molecule has 0 spiro atoms. The first-order valence-corrected chi connectivity index (χ1v) is 6.93. The van der Waals surface area contributed by atoms with Gasteiger partial charge in [0.1, 0.15) is 0 Å². The third-order valence-electron chi connectivity index (χ3n) is 3.72. The maximum atomic E-state index is 10.7. The molecular weight excluding hydrogens is 238 g/mol. The Hall–Kier alpha value is -0.900. The maximum absolute atomic E-state index is 10.7. The predicted octanol–water partition coefficient (Wildman–Crippen LogP) is 2.71. The van der Waals surface area contributed by atoms with Gasteiger partial charge < -0.3 is 9.84 Å². The van der Waals surface area contributed by atoms with Crippen molar-refractivity contribution in [2.45, 2.75) is 39.0 Å². The molecule has 19 heavy (non-hydrogen) atoms. The standard InChI is InChI=1S/C16H27NO2/c1-12(2)15(17(4)13(3)11-19-5)16(18)14-9-7-6-8-10-14/h6-10,12-13,15-16,18H,11H2,1-5H3. The molecule has 0 amide bonds. The van der Waals surface area contributed by atoms with Crippen molar-refractivity contribution < 1.29 is 9.84 Å². The summed E-state index contributed by atoms with van der Waals surface area (Å²) in [6.45, 7) is 7.08. The van der Waals surface area contributed by atoms with Gasteiger partial charge >= 0.3 is 0 Å². The first-order valence-electron chi connectivity index (χ1n) is 6.93. The van der Waals surface area contributed by atoms with Crippen molar-refractivity contribution in [2.24, 2.45) is 5.92 Å². The molecule has 0 bridgehead atoms. The Labute approximate surface area is 117 Å². The van der Waals surface area contributed by atoms with Crippen molar-refractivity contribution >= 4 is 0 Å². The fourth-order valence-corrected chi connectivity index (χ4v) is 2.56. The molecule has 1 aromatic rings. The van der Waals surface area contributed by atoms with Gasteiger partial charge in [0.15, 0.2) is 0 Å². The summed E-state index contributed by atoms with van der Waals surface area (Å²) in [5, 5.41) is 10.7. The monoisotopic (exact) mass is 265 g/mol. The lowest BCUT2D eigenvalue weighted by Gasteiger charge is -2.38. The highest BCUT2D eigenvalue weighted by molar-refractivity contribution is 5.19. The number of hydrogen-bond donors (Lipinski definition) is 1.